The lowest BCUT2D eigenvalue weighted by atomic mass is 10.1. The van der Waals surface area contributed by atoms with Crippen molar-refractivity contribution in [3.63, 3.8) is 0 Å². The summed E-state index contributed by atoms with van der Waals surface area (Å²) in [5, 5.41) is 2.72. The quantitative estimate of drug-likeness (QED) is 0.755. The van der Waals surface area contributed by atoms with Crippen molar-refractivity contribution in [2.45, 2.75) is 39.2 Å². The molecule has 3 atom stereocenters. The summed E-state index contributed by atoms with van der Waals surface area (Å²) in [6.45, 7) is 5.55. The molecular weight excluding hydrogens is 202 g/mol. The molecule has 1 heterocycles. The highest BCUT2D eigenvalue weighted by atomic mass is 19.2. The van der Waals surface area contributed by atoms with Crippen molar-refractivity contribution >= 4 is 6.03 Å². The third kappa shape index (κ3) is 3.04. The molecule has 1 fully saturated rings. The standard InChI is InChI=1S/C10H18F2N2O/c1-6(2)7(3)13-10(15)14-4-8(11)9(12)5-14/h6-9H,4-5H2,1-3H3,(H,13,15)/t7-,8-,9+/m1/s1. The van der Waals surface area contributed by atoms with Crippen molar-refractivity contribution in [2.75, 3.05) is 13.1 Å². The van der Waals surface area contributed by atoms with Crippen LogP contribution in [0.2, 0.25) is 0 Å². The van der Waals surface area contributed by atoms with E-state index >= 15 is 0 Å². The Labute approximate surface area is 88.8 Å². The van der Waals surface area contributed by atoms with E-state index in [9.17, 15) is 13.6 Å². The number of urea groups is 1. The van der Waals surface area contributed by atoms with Crippen LogP contribution in [0.25, 0.3) is 0 Å². The first-order valence-corrected chi connectivity index (χ1v) is 5.25. The molecule has 1 aliphatic heterocycles. The van der Waals surface area contributed by atoms with E-state index in [-0.39, 0.29) is 25.2 Å². The molecule has 0 bridgehead atoms. The molecule has 0 aromatic heterocycles. The summed E-state index contributed by atoms with van der Waals surface area (Å²) in [4.78, 5) is 12.7. The van der Waals surface area contributed by atoms with E-state index in [0.29, 0.717) is 5.92 Å². The summed E-state index contributed by atoms with van der Waals surface area (Å²) in [5.41, 5.74) is 0. The number of carbonyl (C=O) groups is 1. The highest BCUT2D eigenvalue weighted by molar-refractivity contribution is 5.75. The Kier molecular flexibility index (Phi) is 3.88. The Morgan fingerprint density at radius 2 is 1.73 bits per heavy atom. The Hall–Kier alpha value is -0.870. The Morgan fingerprint density at radius 3 is 2.13 bits per heavy atom. The summed E-state index contributed by atoms with van der Waals surface area (Å²) in [5.74, 6) is 0.305. The second-order valence-electron chi connectivity index (χ2n) is 4.42. The minimum absolute atomic E-state index is 0.00854. The smallest absolute Gasteiger partial charge is 0.317 e. The van der Waals surface area contributed by atoms with Crippen LogP contribution in [0.5, 0.6) is 0 Å². The van der Waals surface area contributed by atoms with Gasteiger partial charge in [-0.15, -0.1) is 0 Å². The van der Waals surface area contributed by atoms with Gasteiger partial charge >= 0.3 is 6.03 Å². The van der Waals surface area contributed by atoms with Crippen molar-refractivity contribution in [2.24, 2.45) is 5.92 Å². The van der Waals surface area contributed by atoms with Crippen LogP contribution in [-0.2, 0) is 0 Å². The fourth-order valence-electron chi connectivity index (χ4n) is 1.34. The third-order valence-electron chi connectivity index (χ3n) is 2.82. The van der Waals surface area contributed by atoms with Crippen molar-refractivity contribution in [1.82, 2.24) is 10.2 Å². The van der Waals surface area contributed by atoms with Crippen LogP contribution in [-0.4, -0.2) is 42.4 Å². The van der Waals surface area contributed by atoms with Crippen LogP contribution in [0, 0.1) is 5.92 Å². The summed E-state index contributed by atoms with van der Waals surface area (Å²) < 4.78 is 25.7. The zero-order valence-electron chi connectivity index (χ0n) is 9.34. The van der Waals surface area contributed by atoms with Crippen LogP contribution < -0.4 is 5.32 Å². The molecule has 1 aliphatic rings. The van der Waals surface area contributed by atoms with E-state index in [1.807, 2.05) is 20.8 Å². The van der Waals surface area contributed by atoms with Crippen LogP contribution >= 0.6 is 0 Å². The Bertz CT molecular complexity index is 225. The molecule has 5 heteroatoms. The molecule has 1 N–H and O–H groups in total. The molecule has 2 amide bonds. The zero-order chi connectivity index (χ0) is 11.6. The normalized spacial score (nSPS) is 28.3. The molecule has 0 saturated carbocycles. The molecule has 15 heavy (non-hydrogen) atoms. The van der Waals surface area contributed by atoms with Gasteiger partial charge in [-0.1, -0.05) is 13.8 Å². The number of nitrogens with one attached hydrogen (secondary N) is 1. The highest BCUT2D eigenvalue weighted by Crippen LogP contribution is 2.16. The SMILES string of the molecule is CC(C)[C@@H](C)NC(=O)N1C[C@@H](F)[C@@H](F)C1. The fraction of sp³-hybridized carbons (Fsp3) is 0.900. The van der Waals surface area contributed by atoms with Gasteiger partial charge in [0.2, 0.25) is 0 Å². The average Bonchev–Trinajstić information content (AvgIpc) is 2.46. The number of rotatable bonds is 2. The number of likely N-dealkylation sites (tertiary alicyclic amines) is 1. The largest absolute Gasteiger partial charge is 0.335 e. The first kappa shape index (κ1) is 12.2. The predicted molar refractivity (Wildman–Crippen MR) is 54.2 cm³/mol. The third-order valence-corrected chi connectivity index (χ3v) is 2.82. The van der Waals surface area contributed by atoms with Gasteiger partial charge < -0.3 is 10.2 Å². The van der Waals surface area contributed by atoms with Crippen molar-refractivity contribution in [3.05, 3.63) is 0 Å². The molecule has 0 aromatic rings. The van der Waals surface area contributed by atoms with E-state index in [0.717, 1.165) is 0 Å². The van der Waals surface area contributed by atoms with Gasteiger partial charge in [0.25, 0.3) is 0 Å². The monoisotopic (exact) mass is 220 g/mol. The van der Waals surface area contributed by atoms with Gasteiger partial charge in [0, 0.05) is 6.04 Å². The van der Waals surface area contributed by atoms with E-state index in [1.165, 1.54) is 4.90 Å². The van der Waals surface area contributed by atoms with Crippen LogP contribution in [0.4, 0.5) is 13.6 Å². The summed E-state index contributed by atoms with van der Waals surface area (Å²) >= 11 is 0. The first-order valence-electron chi connectivity index (χ1n) is 5.25. The summed E-state index contributed by atoms with van der Waals surface area (Å²) in [6, 6.07) is -0.367. The number of nitrogens with zero attached hydrogens (tertiary/aromatic N) is 1. The second kappa shape index (κ2) is 4.77. The molecule has 0 unspecified atom stereocenters. The van der Waals surface area contributed by atoms with E-state index < -0.39 is 12.3 Å². The van der Waals surface area contributed by atoms with E-state index in [4.69, 9.17) is 0 Å². The Morgan fingerprint density at radius 1 is 1.27 bits per heavy atom. The maximum absolute atomic E-state index is 12.8. The zero-order valence-corrected chi connectivity index (χ0v) is 9.34. The van der Waals surface area contributed by atoms with Crippen LogP contribution in [0.15, 0.2) is 0 Å². The van der Waals surface area contributed by atoms with Gasteiger partial charge in [0.15, 0.2) is 12.3 Å². The van der Waals surface area contributed by atoms with Gasteiger partial charge in [-0.25, -0.2) is 13.6 Å². The minimum atomic E-state index is -1.54. The maximum atomic E-state index is 12.8. The average molecular weight is 220 g/mol. The minimum Gasteiger partial charge on any atom is -0.335 e. The molecule has 3 nitrogen and oxygen atoms in total. The predicted octanol–water partition coefficient (Wildman–Crippen LogP) is 1.73. The van der Waals surface area contributed by atoms with Crippen molar-refractivity contribution < 1.29 is 13.6 Å². The summed E-state index contributed by atoms with van der Waals surface area (Å²) in [6.07, 6.45) is -3.07. The second-order valence-corrected chi connectivity index (χ2v) is 4.42. The molecular formula is C10H18F2N2O. The van der Waals surface area contributed by atoms with Gasteiger partial charge in [-0.2, -0.15) is 0 Å². The fourth-order valence-corrected chi connectivity index (χ4v) is 1.34. The number of alkyl halides is 2. The van der Waals surface area contributed by atoms with Gasteiger partial charge in [0.05, 0.1) is 13.1 Å². The van der Waals surface area contributed by atoms with Gasteiger partial charge in [-0.05, 0) is 12.8 Å². The number of hydrogen-bond donors (Lipinski definition) is 1. The van der Waals surface area contributed by atoms with Gasteiger partial charge in [0.1, 0.15) is 0 Å². The lowest BCUT2D eigenvalue weighted by Gasteiger charge is -2.22. The van der Waals surface area contributed by atoms with Crippen LogP contribution in [0.1, 0.15) is 20.8 Å². The van der Waals surface area contributed by atoms with Gasteiger partial charge in [-0.3, -0.25) is 0 Å². The topological polar surface area (TPSA) is 32.3 Å². The summed E-state index contributed by atoms with van der Waals surface area (Å²) in [7, 11) is 0. The number of amides is 2. The number of halogens is 2. The maximum Gasteiger partial charge on any atom is 0.317 e. The molecule has 0 aromatic carbocycles. The highest BCUT2D eigenvalue weighted by Gasteiger charge is 2.35. The first-order chi connectivity index (χ1) is 6.91. The van der Waals surface area contributed by atoms with Crippen molar-refractivity contribution in [3.8, 4) is 0 Å². The number of hydrogen-bond acceptors (Lipinski definition) is 1. The molecule has 0 aliphatic carbocycles. The van der Waals surface area contributed by atoms with E-state index in [2.05, 4.69) is 5.32 Å². The Balaban J connectivity index is 2.42. The lowest BCUT2D eigenvalue weighted by molar-refractivity contribution is 0.197. The molecule has 88 valence electrons. The molecule has 0 spiro atoms. The molecule has 1 rings (SSSR count). The lowest BCUT2D eigenvalue weighted by Crippen LogP contribution is -2.44. The number of carbonyl (C=O) groups excluding carboxylic acids is 1. The van der Waals surface area contributed by atoms with E-state index in [1.54, 1.807) is 0 Å². The van der Waals surface area contributed by atoms with Crippen LogP contribution in [0.3, 0.4) is 0 Å². The molecule has 1 saturated heterocycles. The molecule has 0 radical (unpaired) electrons. The van der Waals surface area contributed by atoms with Crippen molar-refractivity contribution in [1.29, 1.82) is 0 Å².